The molecule has 0 unspecified atom stereocenters. The standard InChI is InChI=1S/C15H16O8/c1-21-11-7-9(3-5-10(11)16)4-6-14(19)23-12(8-13(17)18)15(20)22-2/h3-7,12,16H,8H2,1-2H3,(H,17,18)/t12-/m0/s1. The lowest BCUT2D eigenvalue weighted by molar-refractivity contribution is -0.166. The van der Waals surface area contributed by atoms with E-state index in [1.807, 2.05) is 0 Å². The van der Waals surface area contributed by atoms with Gasteiger partial charge in [0.25, 0.3) is 0 Å². The Labute approximate surface area is 131 Å². The molecule has 0 aliphatic carbocycles. The molecule has 0 aliphatic rings. The van der Waals surface area contributed by atoms with Crippen molar-refractivity contribution in [3.8, 4) is 11.5 Å². The summed E-state index contributed by atoms with van der Waals surface area (Å²) in [5.41, 5.74) is 0.532. The lowest BCUT2D eigenvalue weighted by Gasteiger charge is -2.12. The van der Waals surface area contributed by atoms with E-state index in [1.54, 1.807) is 0 Å². The first-order valence-electron chi connectivity index (χ1n) is 6.42. The van der Waals surface area contributed by atoms with Gasteiger partial charge in [0.2, 0.25) is 6.10 Å². The molecular formula is C15H16O8. The number of aromatic hydroxyl groups is 1. The predicted molar refractivity (Wildman–Crippen MR) is 77.8 cm³/mol. The number of phenols is 1. The second kappa shape index (κ2) is 8.42. The number of carbonyl (C=O) groups excluding carboxylic acids is 2. The minimum atomic E-state index is -1.52. The number of carbonyl (C=O) groups is 3. The SMILES string of the molecule is COC(=O)[C@H](CC(=O)O)OC(=O)C=Cc1ccc(O)c(OC)c1. The lowest BCUT2D eigenvalue weighted by Crippen LogP contribution is -2.30. The summed E-state index contributed by atoms with van der Waals surface area (Å²) in [6.45, 7) is 0. The van der Waals surface area contributed by atoms with Gasteiger partial charge in [-0.2, -0.15) is 0 Å². The van der Waals surface area contributed by atoms with Crippen molar-refractivity contribution < 1.29 is 38.8 Å². The van der Waals surface area contributed by atoms with Crippen LogP contribution in [0.1, 0.15) is 12.0 Å². The van der Waals surface area contributed by atoms with E-state index in [0.717, 1.165) is 13.2 Å². The first kappa shape index (κ1) is 18.0. The highest BCUT2D eigenvalue weighted by Crippen LogP contribution is 2.26. The molecule has 0 bridgehead atoms. The molecule has 2 N–H and O–H groups in total. The molecule has 8 heteroatoms. The normalized spacial score (nSPS) is 11.7. The quantitative estimate of drug-likeness (QED) is 0.562. The number of methoxy groups -OCH3 is 2. The number of benzene rings is 1. The predicted octanol–water partition coefficient (Wildman–Crippen LogP) is 0.973. The van der Waals surface area contributed by atoms with Crippen LogP contribution in [0.15, 0.2) is 24.3 Å². The van der Waals surface area contributed by atoms with Crippen molar-refractivity contribution in [2.24, 2.45) is 0 Å². The van der Waals surface area contributed by atoms with Crippen molar-refractivity contribution in [2.45, 2.75) is 12.5 Å². The van der Waals surface area contributed by atoms with Crippen molar-refractivity contribution in [3.05, 3.63) is 29.8 Å². The Morgan fingerprint density at radius 3 is 2.52 bits per heavy atom. The molecule has 0 saturated carbocycles. The van der Waals surface area contributed by atoms with Gasteiger partial charge in [-0.15, -0.1) is 0 Å². The summed E-state index contributed by atoms with van der Waals surface area (Å²) in [7, 11) is 2.44. The molecule has 0 saturated heterocycles. The number of hydrogen-bond acceptors (Lipinski definition) is 7. The largest absolute Gasteiger partial charge is 0.504 e. The third-order valence-electron chi connectivity index (χ3n) is 2.70. The van der Waals surface area contributed by atoms with Crippen LogP contribution >= 0.6 is 0 Å². The zero-order valence-corrected chi connectivity index (χ0v) is 12.5. The van der Waals surface area contributed by atoms with Crippen LogP contribution in [-0.4, -0.2) is 48.4 Å². The van der Waals surface area contributed by atoms with E-state index in [1.165, 1.54) is 31.4 Å². The number of carboxylic acids is 1. The van der Waals surface area contributed by atoms with Gasteiger partial charge in [0.15, 0.2) is 11.5 Å². The van der Waals surface area contributed by atoms with E-state index < -0.39 is 30.4 Å². The molecule has 0 aromatic heterocycles. The summed E-state index contributed by atoms with van der Waals surface area (Å²) in [4.78, 5) is 33.6. The number of ether oxygens (including phenoxy) is 3. The van der Waals surface area contributed by atoms with E-state index in [4.69, 9.17) is 14.6 Å². The van der Waals surface area contributed by atoms with E-state index >= 15 is 0 Å². The molecule has 8 nitrogen and oxygen atoms in total. The van der Waals surface area contributed by atoms with Gasteiger partial charge in [-0.1, -0.05) is 6.07 Å². The van der Waals surface area contributed by atoms with Crippen LogP contribution in [0.3, 0.4) is 0 Å². The molecule has 0 fully saturated rings. The fraction of sp³-hybridized carbons (Fsp3) is 0.267. The number of phenolic OH excluding ortho intramolecular Hbond substituents is 1. The topological polar surface area (TPSA) is 119 Å². The van der Waals surface area contributed by atoms with E-state index in [2.05, 4.69) is 4.74 Å². The third kappa shape index (κ3) is 5.70. The molecule has 1 rings (SSSR count). The first-order valence-corrected chi connectivity index (χ1v) is 6.42. The maximum absolute atomic E-state index is 11.7. The fourth-order valence-corrected chi connectivity index (χ4v) is 1.60. The summed E-state index contributed by atoms with van der Waals surface area (Å²) in [5, 5.41) is 18.1. The Bertz CT molecular complexity index is 620. The van der Waals surface area contributed by atoms with Crippen molar-refractivity contribution in [2.75, 3.05) is 14.2 Å². The number of esters is 2. The average molecular weight is 324 g/mol. The third-order valence-corrected chi connectivity index (χ3v) is 2.70. The van der Waals surface area contributed by atoms with E-state index in [0.29, 0.717) is 5.56 Å². The summed E-state index contributed by atoms with van der Waals surface area (Å²) in [5.74, 6) is -3.01. The summed E-state index contributed by atoms with van der Waals surface area (Å²) in [6.07, 6.45) is 0.159. The van der Waals surface area contributed by atoms with Crippen molar-refractivity contribution in [1.29, 1.82) is 0 Å². The zero-order valence-electron chi connectivity index (χ0n) is 12.5. The van der Waals surface area contributed by atoms with Crippen molar-refractivity contribution in [1.82, 2.24) is 0 Å². The van der Waals surface area contributed by atoms with Crippen LogP contribution < -0.4 is 4.74 Å². The highest BCUT2D eigenvalue weighted by Gasteiger charge is 2.25. The Kier molecular flexibility index (Phi) is 6.60. The fourth-order valence-electron chi connectivity index (χ4n) is 1.60. The maximum atomic E-state index is 11.7. The summed E-state index contributed by atoms with van der Waals surface area (Å²) in [6, 6.07) is 4.39. The number of rotatable bonds is 7. The van der Waals surface area contributed by atoms with Crippen LogP contribution in [0.4, 0.5) is 0 Å². The van der Waals surface area contributed by atoms with Crippen LogP contribution in [0, 0.1) is 0 Å². The van der Waals surface area contributed by atoms with Crippen LogP contribution in [0.5, 0.6) is 11.5 Å². The van der Waals surface area contributed by atoms with Gasteiger partial charge in [0.05, 0.1) is 20.6 Å². The smallest absolute Gasteiger partial charge is 0.347 e. The molecular weight excluding hydrogens is 308 g/mol. The average Bonchev–Trinajstić information content (AvgIpc) is 2.52. The molecule has 0 aliphatic heterocycles. The van der Waals surface area contributed by atoms with Crippen LogP contribution in [0.25, 0.3) is 6.08 Å². The molecule has 1 aromatic carbocycles. The number of carboxylic acid groups (broad SMARTS) is 1. The Morgan fingerprint density at radius 2 is 1.96 bits per heavy atom. The number of hydrogen-bond donors (Lipinski definition) is 2. The van der Waals surface area contributed by atoms with Gasteiger partial charge >= 0.3 is 17.9 Å². The molecule has 1 aromatic rings. The molecule has 0 heterocycles. The van der Waals surface area contributed by atoms with E-state index in [-0.39, 0.29) is 11.5 Å². The molecule has 0 spiro atoms. The second-order valence-corrected chi connectivity index (χ2v) is 4.31. The van der Waals surface area contributed by atoms with Crippen molar-refractivity contribution in [3.63, 3.8) is 0 Å². The van der Waals surface area contributed by atoms with Gasteiger partial charge < -0.3 is 24.4 Å². The molecule has 23 heavy (non-hydrogen) atoms. The van der Waals surface area contributed by atoms with Gasteiger partial charge in [0.1, 0.15) is 0 Å². The second-order valence-electron chi connectivity index (χ2n) is 4.31. The van der Waals surface area contributed by atoms with E-state index in [9.17, 15) is 19.5 Å². The van der Waals surface area contributed by atoms with Crippen LogP contribution in [0.2, 0.25) is 0 Å². The number of aliphatic carboxylic acids is 1. The zero-order chi connectivity index (χ0) is 17.4. The van der Waals surface area contributed by atoms with Gasteiger partial charge in [-0.05, 0) is 23.8 Å². The maximum Gasteiger partial charge on any atom is 0.347 e. The minimum Gasteiger partial charge on any atom is -0.504 e. The highest BCUT2D eigenvalue weighted by molar-refractivity contribution is 5.90. The molecule has 0 radical (unpaired) electrons. The monoisotopic (exact) mass is 324 g/mol. The first-order chi connectivity index (χ1) is 10.9. The Hall–Kier alpha value is -3.03. The minimum absolute atomic E-state index is 0.0561. The molecule has 0 amide bonds. The molecule has 124 valence electrons. The highest BCUT2D eigenvalue weighted by atomic mass is 16.6. The Balaban J connectivity index is 2.77. The summed E-state index contributed by atoms with van der Waals surface area (Å²) < 4.78 is 14.0. The Morgan fingerprint density at radius 1 is 1.26 bits per heavy atom. The summed E-state index contributed by atoms with van der Waals surface area (Å²) >= 11 is 0. The van der Waals surface area contributed by atoms with Gasteiger partial charge in [0, 0.05) is 6.08 Å². The van der Waals surface area contributed by atoms with Crippen LogP contribution in [-0.2, 0) is 23.9 Å². The lowest BCUT2D eigenvalue weighted by atomic mass is 10.2. The molecule has 1 atom stereocenters. The van der Waals surface area contributed by atoms with Gasteiger partial charge in [-0.25, -0.2) is 9.59 Å². The van der Waals surface area contributed by atoms with Crippen molar-refractivity contribution >= 4 is 24.0 Å². The van der Waals surface area contributed by atoms with Gasteiger partial charge in [-0.3, -0.25) is 4.79 Å².